The van der Waals surface area contributed by atoms with Gasteiger partial charge in [-0.05, 0) is 112 Å². The van der Waals surface area contributed by atoms with Gasteiger partial charge in [-0.1, -0.05) is 0 Å². The molecular formula is C36H44BrN10O3P. The molecule has 5 heterocycles. The van der Waals surface area contributed by atoms with Crippen LogP contribution in [0.25, 0.3) is 22.2 Å². The third-order valence-corrected chi connectivity index (χ3v) is 12.3. The lowest BCUT2D eigenvalue weighted by Gasteiger charge is -2.46. The molecule has 15 heteroatoms. The number of nitrogens with one attached hydrogen (secondary N) is 3. The van der Waals surface area contributed by atoms with Gasteiger partial charge in [0.25, 0.3) is 0 Å². The first-order valence-corrected chi connectivity index (χ1v) is 20.3. The Labute approximate surface area is 306 Å². The molecule has 2 fully saturated rings. The molecule has 2 aromatic carbocycles. The zero-order valence-electron chi connectivity index (χ0n) is 30.0. The third kappa shape index (κ3) is 6.53. The number of aryl methyl sites for hydroxylation is 1. The summed E-state index contributed by atoms with van der Waals surface area (Å²) in [5, 5.41) is 15.5. The summed E-state index contributed by atoms with van der Waals surface area (Å²) in [5.41, 5.74) is 4.93. The van der Waals surface area contributed by atoms with Gasteiger partial charge in [0.1, 0.15) is 29.8 Å². The minimum Gasteiger partial charge on any atom is -0.495 e. The van der Waals surface area contributed by atoms with Crippen molar-refractivity contribution < 1.29 is 14.0 Å². The molecule has 3 N–H and O–H groups in total. The van der Waals surface area contributed by atoms with Crippen molar-refractivity contribution >= 4 is 62.6 Å². The van der Waals surface area contributed by atoms with Crippen LogP contribution in [0, 0.1) is 5.41 Å². The van der Waals surface area contributed by atoms with E-state index in [1.807, 2.05) is 31.6 Å². The summed E-state index contributed by atoms with van der Waals surface area (Å²) < 4.78 is 29.0. The van der Waals surface area contributed by atoms with E-state index in [1.165, 1.54) is 0 Å². The van der Waals surface area contributed by atoms with Crippen LogP contribution in [-0.2, 0) is 22.0 Å². The van der Waals surface area contributed by atoms with E-state index in [9.17, 15) is 4.57 Å². The largest absolute Gasteiger partial charge is 0.495 e. The summed E-state index contributed by atoms with van der Waals surface area (Å²) in [6, 6.07) is 8.00. The fourth-order valence-corrected chi connectivity index (χ4v) is 9.81. The molecule has 2 saturated heterocycles. The molecular weight excluding hydrogens is 731 g/mol. The Morgan fingerprint density at radius 3 is 2.53 bits per heavy atom. The van der Waals surface area contributed by atoms with Crippen molar-refractivity contribution in [1.29, 1.82) is 0 Å². The summed E-state index contributed by atoms with van der Waals surface area (Å²) >= 11 is 3.60. The van der Waals surface area contributed by atoms with Gasteiger partial charge in [-0.2, -0.15) is 10.1 Å². The van der Waals surface area contributed by atoms with Crippen LogP contribution in [0.2, 0.25) is 0 Å². The Morgan fingerprint density at radius 2 is 1.84 bits per heavy atom. The van der Waals surface area contributed by atoms with Gasteiger partial charge >= 0.3 is 0 Å². The molecule has 7 rings (SSSR count). The second kappa shape index (κ2) is 13.6. The van der Waals surface area contributed by atoms with Gasteiger partial charge < -0.3 is 34.9 Å². The van der Waals surface area contributed by atoms with Crippen LogP contribution < -0.4 is 26.0 Å². The first kappa shape index (κ1) is 35.5. The maximum Gasteiger partial charge on any atom is 0.229 e. The van der Waals surface area contributed by atoms with Gasteiger partial charge in [0.05, 0.1) is 46.6 Å². The zero-order valence-corrected chi connectivity index (χ0v) is 32.5. The highest BCUT2D eigenvalue weighted by molar-refractivity contribution is 9.10. The quantitative estimate of drug-likeness (QED) is 0.154. The molecule has 0 bridgehead atoms. The Morgan fingerprint density at radius 1 is 1.08 bits per heavy atom. The number of rotatable bonds is 9. The van der Waals surface area contributed by atoms with Crippen LogP contribution in [0.15, 0.2) is 59.7 Å². The molecule has 0 saturated carbocycles. The van der Waals surface area contributed by atoms with E-state index in [0.717, 1.165) is 42.6 Å². The Hall–Kier alpha value is -3.94. The summed E-state index contributed by atoms with van der Waals surface area (Å²) in [6.45, 7) is 8.29. The smallest absolute Gasteiger partial charge is 0.229 e. The minimum atomic E-state index is -2.78. The molecule has 2 aliphatic heterocycles. The van der Waals surface area contributed by atoms with Gasteiger partial charge in [-0.25, -0.2) is 4.98 Å². The van der Waals surface area contributed by atoms with Crippen LogP contribution in [0.5, 0.6) is 5.75 Å². The van der Waals surface area contributed by atoms with Crippen LogP contribution in [0.1, 0.15) is 25.3 Å². The Bertz CT molecular complexity index is 2150. The van der Waals surface area contributed by atoms with Crippen molar-refractivity contribution in [2.45, 2.75) is 31.4 Å². The number of aromatic nitrogens is 6. The van der Waals surface area contributed by atoms with Crippen molar-refractivity contribution in [2.75, 3.05) is 64.9 Å². The number of hydrogen-bond acceptors (Lipinski definition) is 12. The predicted molar refractivity (Wildman–Crippen MR) is 205 cm³/mol. The number of likely N-dealkylation sites (N-methyl/N-ethyl adjacent to an activating group) is 1. The van der Waals surface area contributed by atoms with Gasteiger partial charge in [-0.3, -0.25) is 14.6 Å². The highest BCUT2D eigenvalue weighted by Gasteiger charge is 2.58. The van der Waals surface area contributed by atoms with E-state index in [0.29, 0.717) is 56.3 Å². The van der Waals surface area contributed by atoms with Crippen molar-refractivity contribution in [1.82, 2.24) is 39.9 Å². The molecule has 5 aromatic rings. The monoisotopic (exact) mass is 774 g/mol. The number of anilines is 4. The van der Waals surface area contributed by atoms with Crippen molar-refractivity contribution in [3.63, 3.8) is 0 Å². The molecule has 2 atom stereocenters. The number of fused-ring (bicyclic) bond motifs is 1. The minimum absolute atomic E-state index is 0.0231. The van der Waals surface area contributed by atoms with Crippen molar-refractivity contribution in [3.8, 4) is 16.9 Å². The molecule has 13 nitrogen and oxygen atoms in total. The summed E-state index contributed by atoms with van der Waals surface area (Å²) in [5.74, 6) is 1.45. The van der Waals surface area contributed by atoms with E-state index in [-0.39, 0.29) is 11.5 Å². The maximum absolute atomic E-state index is 13.5. The molecule has 268 valence electrons. The number of hydrogen-bond donors (Lipinski definition) is 3. The number of methoxy groups -OCH3 is 1. The molecule has 0 amide bonds. The molecule has 1 spiro atoms. The number of halogens is 1. The maximum atomic E-state index is 13.5. The van der Waals surface area contributed by atoms with Crippen LogP contribution >= 0.6 is 23.1 Å². The average Bonchev–Trinajstić information content (AvgIpc) is 3.66. The first-order chi connectivity index (χ1) is 24.3. The van der Waals surface area contributed by atoms with E-state index in [4.69, 9.17) is 14.5 Å². The normalized spacial score (nSPS) is 20.3. The van der Waals surface area contributed by atoms with Gasteiger partial charge in [0.15, 0.2) is 0 Å². The SMILES string of the molecule is COc1cc([C@]2(C)OCC3(CCNCC3)[C@@H]2N(C)C)c(-c2cnn(C)c2)cc1Nc1ncc(Br)c(Nc2ccc3nccnc3c2P(C)(C)=O)n1. The number of ether oxygens (including phenoxy) is 2. The lowest BCUT2D eigenvalue weighted by atomic mass is 9.67. The van der Waals surface area contributed by atoms with Crippen molar-refractivity contribution in [3.05, 3.63) is 65.3 Å². The molecule has 2 aliphatic rings. The summed E-state index contributed by atoms with van der Waals surface area (Å²) in [4.78, 5) is 20.7. The number of piperidine rings is 1. The van der Waals surface area contributed by atoms with Gasteiger partial charge in [0, 0.05) is 48.9 Å². The topological polar surface area (TPSA) is 144 Å². The highest BCUT2D eigenvalue weighted by atomic mass is 79.9. The molecule has 3 aromatic heterocycles. The van der Waals surface area contributed by atoms with E-state index < -0.39 is 12.7 Å². The lowest BCUT2D eigenvalue weighted by molar-refractivity contribution is -0.0202. The standard InChI is InChI=1S/C36H44BrN10O3P/c1-35(33(46(2)3)36(21-50-35)10-12-38-13-11-36)24-17-29(49-5)28(16-23(24)22-18-42-47(4)20-22)44-34-41-19-25(37)32(45-34)43-27-9-8-26-30(40-15-14-39-26)31(27)51(6,7)48/h8-9,14-20,33,38H,10-13,21H2,1-7H3,(H2,41,43,44,45)/t33-,35+/m1/s1. The fourth-order valence-electron chi connectivity index (χ4n) is 8.13. The average molecular weight is 776 g/mol. The molecule has 51 heavy (non-hydrogen) atoms. The molecule has 0 unspecified atom stereocenters. The fraction of sp³-hybridized carbons (Fsp3) is 0.417. The van der Waals surface area contributed by atoms with E-state index >= 15 is 0 Å². The van der Waals surface area contributed by atoms with Gasteiger partial charge in [-0.15, -0.1) is 0 Å². The van der Waals surface area contributed by atoms with E-state index in [1.54, 1.807) is 43.7 Å². The summed E-state index contributed by atoms with van der Waals surface area (Å²) in [6.07, 6.45) is 10.9. The highest BCUT2D eigenvalue weighted by Crippen LogP contribution is 2.55. The predicted octanol–water partition coefficient (Wildman–Crippen LogP) is 5.87. The van der Waals surface area contributed by atoms with Gasteiger partial charge in [0.2, 0.25) is 5.95 Å². The summed E-state index contributed by atoms with van der Waals surface area (Å²) in [7, 11) is 5.11. The third-order valence-electron chi connectivity index (χ3n) is 10.2. The second-order valence-electron chi connectivity index (χ2n) is 14.3. The molecule has 0 radical (unpaired) electrons. The second-order valence-corrected chi connectivity index (χ2v) is 18.3. The number of nitrogens with zero attached hydrogens (tertiary/aromatic N) is 7. The van der Waals surface area contributed by atoms with Crippen molar-refractivity contribution in [2.24, 2.45) is 12.5 Å². The lowest BCUT2D eigenvalue weighted by Crippen LogP contribution is -2.54. The number of benzene rings is 2. The molecule has 0 aliphatic carbocycles. The van der Waals surface area contributed by atoms with Crippen LogP contribution in [-0.4, -0.2) is 94.9 Å². The Balaban J connectivity index is 1.29. The Kier molecular flexibility index (Phi) is 9.43. The van der Waals surface area contributed by atoms with Crippen LogP contribution in [0.4, 0.5) is 23.1 Å². The van der Waals surface area contributed by atoms with Crippen LogP contribution in [0.3, 0.4) is 0 Å². The first-order valence-electron chi connectivity index (χ1n) is 16.9. The van der Waals surface area contributed by atoms with E-state index in [2.05, 4.69) is 90.0 Å². The zero-order chi connectivity index (χ0) is 36.1.